The largest absolute Gasteiger partial charge is 0.360 e. The molecule has 1 fully saturated rings. The number of hydrogen-bond donors (Lipinski definition) is 0. The molecule has 2 aromatic rings. The summed E-state index contributed by atoms with van der Waals surface area (Å²) in [5, 5.41) is 12.4. The molecule has 22 heavy (non-hydrogen) atoms. The highest BCUT2D eigenvalue weighted by atomic mass is 16.5. The van der Waals surface area contributed by atoms with Crippen LogP contribution in [0.2, 0.25) is 0 Å². The minimum Gasteiger partial charge on any atom is -0.360 e. The van der Waals surface area contributed by atoms with Gasteiger partial charge in [0.05, 0.1) is 17.9 Å². The molecule has 1 saturated heterocycles. The van der Waals surface area contributed by atoms with Gasteiger partial charge in [-0.25, -0.2) is 0 Å². The van der Waals surface area contributed by atoms with Gasteiger partial charge in [-0.05, 0) is 45.9 Å². The molecule has 118 valence electrons. The molecule has 0 spiro atoms. The van der Waals surface area contributed by atoms with Crippen LogP contribution in [0.1, 0.15) is 30.0 Å². The molecular formula is C16H23N5O. The maximum absolute atomic E-state index is 5.32. The van der Waals surface area contributed by atoms with Crippen molar-refractivity contribution in [3.63, 3.8) is 0 Å². The summed E-state index contributed by atoms with van der Waals surface area (Å²) in [7, 11) is 2.15. The molecule has 0 aromatic carbocycles. The summed E-state index contributed by atoms with van der Waals surface area (Å²) < 4.78 is 5.32. The van der Waals surface area contributed by atoms with Crippen LogP contribution in [-0.4, -0.2) is 46.4 Å². The van der Waals surface area contributed by atoms with Crippen LogP contribution in [0.3, 0.4) is 0 Å². The Labute approximate surface area is 131 Å². The van der Waals surface area contributed by atoms with Gasteiger partial charge in [-0.2, -0.15) is 5.10 Å². The van der Waals surface area contributed by atoms with E-state index >= 15 is 0 Å². The highest BCUT2D eigenvalue weighted by molar-refractivity contribution is 5.38. The second kappa shape index (κ2) is 6.44. The van der Waals surface area contributed by atoms with E-state index in [0.717, 1.165) is 42.6 Å². The molecule has 1 atom stereocenters. The minimum absolute atomic E-state index is 0.488. The van der Waals surface area contributed by atoms with Crippen molar-refractivity contribution in [3.05, 3.63) is 35.3 Å². The van der Waals surface area contributed by atoms with Crippen LogP contribution in [0.5, 0.6) is 0 Å². The molecule has 6 nitrogen and oxygen atoms in total. The van der Waals surface area contributed by atoms with Gasteiger partial charge in [-0.1, -0.05) is 5.16 Å². The molecule has 0 amide bonds. The van der Waals surface area contributed by atoms with E-state index in [1.807, 2.05) is 26.0 Å². The fraction of sp³-hybridized carbons (Fsp3) is 0.562. The van der Waals surface area contributed by atoms with E-state index < -0.39 is 0 Å². The van der Waals surface area contributed by atoms with Gasteiger partial charge < -0.3 is 9.42 Å². The highest BCUT2D eigenvalue weighted by Crippen LogP contribution is 2.21. The molecule has 0 aliphatic carbocycles. The normalized spacial score (nSPS) is 18.9. The summed E-state index contributed by atoms with van der Waals surface area (Å²) in [5.41, 5.74) is 1.89. The number of likely N-dealkylation sites (N-methyl/N-ethyl adjacent to an activating group) is 1. The van der Waals surface area contributed by atoms with Crippen LogP contribution in [-0.2, 0) is 6.54 Å². The monoisotopic (exact) mass is 301 g/mol. The van der Waals surface area contributed by atoms with Crippen molar-refractivity contribution in [1.29, 1.82) is 0 Å². The van der Waals surface area contributed by atoms with Crippen LogP contribution < -0.4 is 4.90 Å². The van der Waals surface area contributed by atoms with Gasteiger partial charge in [0.15, 0.2) is 11.6 Å². The molecule has 6 heteroatoms. The molecule has 0 N–H and O–H groups in total. The average Bonchev–Trinajstić information content (AvgIpc) is 2.93. The van der Waals surface area contributed by atoms with Crippen LogP contribution in [0.4, 0.5) is 5.82 Å². The Morgan fingerprint density at radius 1 is 1.27 bits per heavy atom. The number of hydrogen-bond acceptors (Lipinski definition) is 6. The first-order chi connectivity index (χ1) is 10.6. The third-order valence-electron chi connectivity index (χ3n) is 4.21. The first kappa shape index (κ1) is 15.0. The Morgan fingerprint density at radius 2 is 2.14 bits per heavy atom. The lowest BCUT2D eigenvalue weighted by molar-refractivity contribution is 0.186. The van der Waals surface area contributed by atoms with Gasteiger partial charge in [0, 0.05) is 25.2 Å². The standard InChI is InChI=1S/C16H23N5O/c1-12-6-7-16(18-17-12)21-8-4-5-14(10-21)20(3)11-15-9-13(2)19-22-15/h6-7,9,14H,4-5,8,10-11H2,1-3H3/t14-/m1/s1. The summed E-state index contributed by atoms with van der Waals surface area (Å²) in [6.45, 7) is 6.72. The van der Waals surface area contributed by atoms with E-state index in [2.05, 4.69) is 38.3 Å². The van der Waals surface area contributed by atoms with Crippen LogP contribution in [0.15, 0.2) is 22.7 Å². The van der Waals surface area contributed by atoms with E-state index in [-0.39, 0.29) is 0 Å². The predicted octanol–water partition coefficient (Wildman–Crippen LogP) is 2.18. The number of nitrogens with zero attached hydrogens (tertiary/aromatic N) is 5. The topological polar surface area (TPSA) is 58.3 Å². The summed E-state index contributed by atoms with van der Waals surface area (Å²) in [6, 6.07) is 6.57. The SMILES string of the molecule is Cc1ccc(N2CCC[C@@H](N(C)Cc3cc(C)no3)C2)nn1. The second-order valence-electron chi connectivity index (χ2n) is 6.12. The third-order valence-corrected chi connectivity index (χ3v) is 4.21. The molecule has 3 heterocycles. The zero-order valence-electron chi connectivity index (χ0n) is 13.5. The second-order valence-corrected chi connectivity index (χ2v) is 6.12. The summed E-state index contributed by atoms with van der Waals surface area (Å²) in [4.78, 5) is 4.66. The van der Waals surface area contributed by atoms with Gasteiger partial charge in [0.1, 0.15) is 0 Å². The van der Waals surface area contributed by atoms with Crippen molar-refractivity contribution in [3.8, 4) is 0 Å². The van der Waals surface area contributed by atoms with Crippen molar-refractivity contribution < 1.29 is 4.52 Å². The Hall–Kier alpha value is -1.95. The average molecular weight is 301 g/mol. The Morgan fingerprint density at radius 3 is 2.82 bits per heavy atom. The predicted molar refractivity (Wildman–Crippen MR) is 84.7 cm³/mol. The van der Waals surface area contributed by atoms with E-state index in [0.29, 0.717) is 6.04 Å². The fourth-order valence-corrected chi connectivity index (χ4v) is 2.95. The van der Waals surface area contributed by atoms with Crippen molar-refractivity contribution >= 4 is 5.82 Å². The molecule has 0 bridgehead atoms. The molecular weight excluding hydrogens is 278 g/mol. The van der Waals surface area contributed by atoms with Crippen molar-refractivity contribution in [2.75, 3.05) is 25.0 Å². The zero-order chi connectivity index (χ0) is 15.5. The molecule has 0 radical (unpaired) electrons. The number of piperidine rings is 1. The highest BCUT2D eigenvalue weighted by Gasteiger charge is 2.25. The van der Waals surface area contributed by atoms with Crippen LogP contribution in [0, 0.1) is 13.8 Å². The zero-order valence-corrected chi connectivity index (χ0v) is 13.5. The van der Waals surface area contributed by atoms with Crippen LogP contribution in [0.25, 0.3) is 0 Å². The van der Waals surface area contributed by atoms with Crippen molar-refractivity contribution in [1.82, 2.24) is 20.3 Å². The number of aryl methyl sites for hydroxylation is 2. The van der Waals surface area contributed by atoms with E-state index in [9.17, 15) is 0 Å². The van der Waals surface area contributed by atoms with Crippen molar-refractivity contribution in [2.24, 2.45) is 0 Å². The number of anilines is 1. The molecule has 0 saturated carbocycles. The van der Waals surface area contributed by atoms with Gasteiger partial charge in [0.25, 0.3) is 0 Å². The molecule has 1 aliphatic rings. The van der Waals surface area contributed by atoms with E-state index in [1.165, 1.54) is 12.8 Å². The Bertz CT molecular complexity index is 609. The van der Waals surface area contributed by atoms with Gasteiger partial charge in [-0.3, -0.25) is 4.90 Å². The Balaban J connectivity index is 1.63. The lowest BCUT2D eigenvalue weighted by Gasteiger charge is -2.37. The summed E-state index contributed by atoms with van der Waals surface area (Å²) in [6.07, 6.45) is 2.36. The van der Waals surface area contributed by atoms with Crippen LogP contribution >= 0.6 is 0 Å². The molecule has 0 unspecified atom stereocenters. The summed E-state index contributed by atoms with van der Waals surface area (Å²) in [5.74, 6) is 1.89. The smallest absolute Gasteiger partial charge is 0.151 e. The van der Waals surface area contributed by atoms with E-state index in [4.69, 9.17) is 4.52 Å². The molecule has 2 aromatic heterocycles. The lowest BCUT2D eigenvalue weighted by Crippen LogP contribution is -2.46. The quantitative estimate of drug-likeness (QED) is 0.862. The minimum atomic E-state index is 0.488. The Kier molecular flexibility index (Phi) is 4.38. The number of rotatable bonds is 4. The van der Waals surface area contributed by atoms with Gasteiger partial charge in [-0.15, -0.1) is 5.10 Å². The maximum Gasteiger partial charge on any atom is 0.151 e. The third kappa shape index (κ3) is 3.44. The lowest BCUT2D eigenvalue weighted by atomic mass is 10.0. The van der Waals surface area contributed by atoms with Gasteiger partial charge >= 0.3 is 0 Å². The van der Waals surface area contributed by atoms with Gasteiger partial charge in [0.2, 0.25) is 0 Å². The first-order valence-corrected chi connectivity index (χ1v) is 7.79. The molecule has 1 aliphatic heterocycles. The number of aromatic nitrogens is 3. The van der Waals surface area contributed by atoms with Crippen molar-refractivity contribution in [2.45, 2.75) is 39.3 Å². The van der Waals surface area contributed by atoms with E-state index in [1.54, 1.807) is 0 Å². The maximum atomic E-state index is 5.32. The first-order valence-electron chi connectivity index (χ1n) is 7.79. The fourth-order valence-electron chi connectivity index (χ4n) is 2.95. The molecule has 3 rings (SSSR count). The summed E-state index contributed by atoms with van der Waals surface area (Å²) >= 11 is 0.